The van der Waals surface area contributed by atoms with Crippen LogP contribution in [-0.4, -0.2) is 0 Å². The SMILES string of the molecule is CCC(NN)c1cc(F)ccc1F. The van der Waals surface area contributed by atoms with Crippen molar-refractivity contribution in [2.45, 2.75) is 19.4 Å². The Morgan fingerprint density at radius 2 is 2.15 bits per heavy atom. The number of nitrogens with one attached hydrogen (secondary N) is 1. The number of benzene rings is 1. The third-order valence-electron chi connectivity index (χ3n) is 1.94. The summed E-state index contributed by atoms with van der Waals surface area (Å²) in [4.78, 5) is 0. The van der Waals surface area contributed by atoms with Crippen molar-refractivity contribution in [3.05, 3.63) is 35.4 Å². The first-order valence-corrected chi connectivity index (χ1v) is 4.10. The zero-order valence-electron chi connectivity index (χ0n) is 7.35. The van der Waals surface area contributed by atoms with E-state index in [0.717, 1.165) is 18.2 Å². The molecule has 1 rings (SSSR count). The first-order valence-electron chi connectivity index (χ1n) is 4.10. The Labute approximate surface area is 75.7 Å². The fourth-order valence-electron chi connectivity index (χ4n) is 1.21. The fraction of sp³-hybridized carbons (Fsp3) is 0.333. The second kappa shape index (κ2) is 4.30. The smallest absolute Gasteiger partial charge is 0.128 e. The van der Waals surface area contributed by atoms with E-state index < -0.39 is 11.6 Å². The summed E-state index contributed by atoms with van der Waals surface area (Å²) in [6, 6.07) is 3.01. The molecule has 1 aromatic rings. The number of hydrazine groups is 1. The molecule has 1 aromatic carbocycles. The molecule has 0 bridgehead atoms. The van der Waals surface area contributed by atoms with Crippen LogP contribution in [0.25, 0.3) is 0 Å². The Morgan fingerprint density at radius 3 is 2.69 bits per heavy atom. The molecule has 0 fully saturated rings. The van der Waals surface area contributed by atoms with Gasteiger partial charge in [0.05, 0.1) is 0 Å². The maximum Gasteiger partial charge on any atom is 0.128 e. The van der Waals surface area contributed by atoms with Gasteiger partial charge in [0.15, 0.2) is 0 Å². The van der Waals surface area contributed by atoms with Gasteiger partial charge < -0.3 is 0 Å². The highest BCUT2D eigenvalue weighted by Crippen LogP contribution is 2.19. The monoisotopic (exact) mass is 186 g/mol. The van der Waals surface area contributed by atoms with Crippen molar-refractivity contribution in [1.82, 2.24) is 5.43 Å². The van der Waals surface area contributed by atoms with E-state index in [1.165, 1.54) is 0 Å². The van der Waals surface area contributed by atoms with E-state index in [1.807, 2.05) is 6.92 Å². The summed E-state index contributed by atoms with van der Waals surface area (Å²) in [6.07, 6.45) is 0.608. The molecule has 0 saturated carbocycles. The largest absolute Gasteiger partial charge is 0.271 e. The van der Waals surface area contributed by atoms with Gasteiger partial charge >= 0.3 is 0 Å². The van der Waals surface area contributed by atoms with Gasteiger partial charge in [-0.25, -0.2) is 8.78 Å². The van der Waals surface area contributed by atoms with Gasteiger partial charge in [0.1, 0.15) is 11.6 Å². The van der Waals surface area contributed by atoms with Crippen molar-refractivity contribution in [2.75, 3.05) is 0 Å². The third kappa shape index (κ3) is 2.23. The first kappa shape index (κ1) is 10.1. The number of hydrogen-bond donors (Lipinski definition) is 2. The highest BCUT2D eigenvalue weighted by molar-refractivity contribution is 5.22. The topological polar surface area (TPSA) is 38.0 Å². The normalized spacial score (nSPS) is 12.9. The van der Waals surface area contributed by atoms with Crippen molar-refractivity contribution < 1.29 is 8.78 Å². The van der Waals surface area contributed by atoms with Gasteiger partial charge in [-0.3, -0.25) is 11.3 Å². The zero-order valence-corrected chi connectivity index (χ0v) is 7.35. The van der Waals surface area contributed by atoms with Gasteiger partial charge in [0.2, 0.25) is 0 Å². The van der Waals surface area contributed by atoms with E-state index in [9.17, 15) is 8.78 Å². The van der Waals surface area contributed by atoms with E-state index in [4.69, 9.17) is 5.84 Å². The number of hydrogen-bond acceptors (Lipinski definition) is 2. The number of halogens is 2. The fourth-order valence-corrected chi connectivity index (χ4v) is 1.21. The first-order chi connectivity index (χ1) is 6.19. The van der Waals surface area contributed by atoms with Gasteiger partial charge in [0, 0.05) is 11.6 Å². The Balaban J connectivity index is 3.03. The minimum absolute atomic E-state index is 0.269. The maximum atomic E-state index is 13.1. The van der Waals surface area contributed by atoms with E-state index in [-0.39, 0.29) is 11.6 Å². The van der Waals surface area contributed by atoms with Crippen LogP contribution in [0.4, 0.5) is 8.78 Å². The van der Waals surface area contributed by atoms with Crippen LogP contribution in [0.3, 0.4) is 0 Å². The molecule has 3 N–H and O–H groups in total. The predicted octanol–water partition coefficient (Wildman–Crippen LogP) is 1.88. The average Bonchev–Trinajstić information content (AvgIpc) is 2.13. The molecule has 0 aliphatic carbocycles. The van der Waals surface area contributed by atoms with Crippen LogP contribution in [0, 0.1) is 11.6 Å². The van der Waals surface area contributed by atoms with E-state index >= 15 is 0 Å². The van der Waals surface area contributed by atoms with Crippen molar-refractivity contribution >= 4 is 0 Å². The van der Waals surface area contributed by atoms with Gasteiger partial charge in [-0.15, -0.1) is 0 Å². The van der Waals surface area contributed by atoms with Crippen LogP contribution in [0.2, 0.25) is 0 Å². The van der Waals surface area contributed by atoms with Gasteiger partial charge in [-0.05, 0) is 24.6 Å². The lowest BCUT2D eigenvalue weighted by Gasteiger charge is -2.14. The molecule has 0 saturated heterocycles. The minimum atomic E-state index is -0.454. The molecule has 0 aliphatic rings. The lowest BCUT2D eigenvalue weighted by atomic mass is 10.0. The van der Waals surface area contributed by atoms with Crippen molar-refractivity contribution in [2.24, 2.45) is 5.84 Å². The van der Waals surface area contributed by atoms with Crippen LogP contribution in [0.5, 0.6) is 0 Å². The Morgan fingerprint density at radius 1 is 1.46 bits per heavy atom. The van der Waals surface area contributed by atoms with Crippen LogP contribution in [0.1, 0.15) is 24.9 Å². The summed E-state index contributed by atoms with van der Waals surface area (Å²) >= 11 is 0. The van der Waals surface area contributed by atoms with Crippen LogP contribution in [0.15, 0.2) is 18.2 Å². The van der Waals surface area contributed by atoms with E-state index in [1.54, 1.807) is 0 Å². The molecule has 0 aromatic heterocycles. The second-order valence-corrected chi connectivity index (χ2v) is 2.79. The minimum Gasteiger partial charge on any atom is -0.271 e. The van der Waals surface area contributed by atoms with Crippen LogP contribution < -0.4 is 11.3 Å². The van der Waals surface area contributed by atoms with E-state index in [0.29, 0.717) is 6.42 Å². The Bertz CT molecular complexity index is 285. The van der Waals surface area contributed by atoms with E-state index in [2.05, 4.69) is 5.43 Å². The molecule has 0 spiro atoms. The summed E-state index contributed by atoms with van der Waals surface area (Å²) in [5, 5.41) is 0. The molecule has 2 nitrogen and oxygen atoms in total. The highest BCUT2D eigenvalue weighted by atomic mass is 19.1. The summed E-state index contributed by atoms with van der Waals surface area (Å²) in [5.74, 6) is 4.30. The number of nitrogens with two attached hydrogens (primary N) is 1. The van der Waals surface area contributed by atoms with Crippen LogP contribution >= 0.6 is 0 Å². The standard InChI is InChI=1S/C9H12F2N2/c1-2-9(13-12)7-5-6(10)3-4-8(7)11/h3-5,9,13H,2,12H2,1H3. The molecule has 72 valence electrons. The van der Waals surface area contributed by atoms with Gasteiger partial charge in [-0.2, -0.15) is 0 Å². The lowest BCUT2D eigenvalue weighted by Crippen LogP contribution is -2.28. The molecule has 0 amide bonds. The Hall–Kier alpha value is -1.00. The molecular formula is C9H12F2N2. The quantitative estimate of drug-likeness (QED) is 0.558. The molecular weight excluding hydrogens is 174 g/mol. The number of rotatable bonds is 3. The van der Waals surface area contributed by atoms with Crippen molar-refractivity contribution in [3.63, 3.8) is 0 Å². The van der Waals surface area contributed by atoms with Gasteiger partial charge in [-0.1, -0.05) is 6.92 Å². The second-order valence-electron chi connectivity index (χ2n) is 2.79. The summed E-state index contributed by atoms with van der Waals surface area (Å²) in [5.41, 5.74) is 2.70. The third-order valence-corrected chi connectivity index (χ3v) is 1.94. The maximum absolute atomic E-state index is 13.1. The molecule has 0 radical (unpaired) electrons. The Kier molecular flexibility index (Phi) is 3.33. The zero-order chi connectivity index (χ0) is 9.84. The van der Waals surface area contributed by atoms with Crippen molar-refractivity contribution in [3.8, 4) is 0 Å². The van der Waals surface area contributed by atoms with Crippen molar-refractivity contribution in [1.29, 1.82) is 0 Å². The highest BCUT2D eigenvalue weighted by Gasteiger charge is 2.12. The summed E-state index contributed by atoms with van der Waals surface area (Å²) < 4.78 is 25.9. The molecule has 1 unspecified atom stereocenters. The van der Waals surface area contributed by atoms with Crippen LogP contribution in [-0.2, 0) is 0 Å². The molecule has 0 aliphatic heterocycles. The molecule has 1 atom stereocenters. The average molecular weight is 186 g/mol. The summed E-state index contributed by atoms with van der Waals surface area (Å²) in [6.45, 7) is 1.84. The van der Waals surface area contributed by atoms with Gasteiger partial charge in [0.25, 0.3) is 0 Å². The molecule has 13 heavy (non-hydrogen) atoms. The lowest BCUT2D eigenvalue weighted by molar-refractivity contribution is 0.494. The molecule has 0 heterocycles. The summed E-state index contributed by atoms with van der Waals surface area (Å²) in [7, 11) is 0. The molecule has 4 heteroatoms. The predicted molar refractivity (Wildman–Crippen MR) is 46.7 cm³/mol.